The van der Waals surface area contributed by atoms with Crippen molar-refractivity contribution in [3.8, 4) is 0 Å². The van der Waals surface area contributed by atoms with Gasteiger partial charge in [-0.05, 0) is 25.8 Å². The van der Waals surface area contributed by atoms with E-state index in [1.165, 1.54) is 29.2 Å². The van der Waals surface area contributed by atoms with Crippen LogP contribution >= 0.6 is 0 Å². The fourth-order valence-electron chi connectivity index (χ4n) is 4.99. The number of benzene rings is 1. The summed E-state index contributed by atoms with van der Waals surface area (Å²) in [5.41, 5.74) is 0.924. The molecule has 0 bridgehead atoms. The SMILES string of the molecule is C[C@@H](NC(=O)c1cc(N2CCC(NC3COC[C@H]3O)CC2)c2ncnn2c1)c1cccc(C(F)F)c1F. The average molecular weight is 519 g/mol. The molecule has 3 N–H and O–H groups in total. The minimum Gasteiger partial charge on any atom is -0.389 e. The topological polar surface area (TPSA) is 104 Å². The highest BCUT2D eigenvalue weighted by Crippen LogP contribution is 2.29. The Morgan fingerprint density at radius 3 is 2.68 bits per heavy atom. The average Bonchev–Trinajstić information content (AvgIpc) is 3.52. The minimum atomic E-state index is -2.95. The zero-order valence-corrected chi connectivity index (χ0v) is 20.3. The number of nitrogens with zero attached hydrogens (tertiary/aromatic N) is 4. The van der Waals surface area contributed by atoms with E-state index in [0.29, 0.717) is 32.0 Å². The molecular weight excluding hydrogens is 489 g/mol. The number of aliphatic hydroxyl groups excluding tert-OH is 1. The number of piperidine rings is 1. The Morgan fingerprint density at radius 2 is 1.97 bits per heavy atom. The van der Waals surface area contributed by atoms with Gasteiger partial charge in [0.05, 0.1) is 48.2 Å². The van der Waals surface area contributed by atoms with E-state index in [4.69, 9.17) is 4.74 Å². The molecule has 0 aliphatic carbocycles. The number of carbonyl (C=O) groups excluding carboxylic acids is 1. The van der Waals surface area contributed by atoms with Gasteiger partial charge in [0.1, 0.15) is 12.1 Å². The molecule has 2 fully saturated rings. The maximum atomic E-state index is 14.6. The molecule has 1 unspecified atom stereocenters. The Hall–Kier alpha value is -3.22. The lowest BCUT2D eigenvalue weighted by molar-refractivity contribution is 0.0938. The molecule has 1 aromatic carbocycles. The lowest BCUT2D eigenvalue weighted by Crippen LogP contribution is -2.49. The number of hydrogen-bond donors (Lipinski definition) is 3. The second-order valence-corrected chi connectivity index (χ2v) is 9.53. The number of rotatable bonds is 7. The fourth-order valence-corrected chi connectivity index (χ4v) is 4.99. The summed E-state index contributed by atoms with van der Waals surface area (Å²) in [4.78, 5) is 19.6. The van der Waals surface area contributed by atoms with E-state index in [0.717, 1.165) is 24.6 Å². The van der Waals surface area contributed by atoms with Gasteiger partial charge in [0.15, 0.2) is 5.65 Å². The smallest absolute Gasteiger partial charge is 0.266 e. The molecular formula is C25H29F3N6O3. The molecule has 1 amide bonds. The molecule has 12 heteroatoms. The third-order valence-corrected chi connectivity index (χ3v) is 7.06. The molecule has 0 radical (unpaired) electrons. The van der Waals surface area contributed by atoms with Gasteiger partial charge in [-0.1, -0.05) is 18.2 Å². The first-order valence-corrected chi connectivity index (χ1v) is 12.3. The third kappa shape index (κ3) is 5.27. The molecule has 2 aliphatic heterocycles. The number of fused-ring (bicyclic) bond motifs is 1. The molecule has 2 saturated heterocycles. The monoisotopic (exact) mass is 518 g/mol. The number of nitrogens with one attached hydrogen (secondary N) is 2. The van der Waals surface area contributed by atoms with Crippen molar-refractivity contribution in [3.05, 3.63) is 59.3 Å². The predicted molar refractivity (Wildman–Crippen MR) is 129 cm³/mol. The molecule has 37 heavy (non-hydrogen) atoms. The first kappa shape index (κ1) is 25.4. The lowest BCUT2D eigenvalue weighted by atomic mass is 10.0. The van der Waals surface area contributed by atoms with Crippen molar-refractivity contribution in [2.45, 2.75) is 50.4 Å². The molecule has 3 atom stereocenters. The number of pyridine rings is 1. The van der Waals surface area contributed by atoms with E-state index in [2.05, 4.69) is 25.6 Å². The highest BCUT2D eigenvalue weighted by atomic mass is 19.3. The van der Waals surface area contributed by atoms with Crippen molar-refractivity contribution < 1.29 is 27.8 Å². The second-order valence-electron chi connectivity index (χ2n) is 9.53. The van der Waals surface area contributed by atoms with Gasteiger partial charge in [-0.3, -0.25) is 4.79 Å². The van der Waals surface area contributed by atoms with Crippen molar-refractivity contribution in [2.75, 3.05) is 31.2 Å². The summed E-state index contributed by atoms with van der Waals surface area (Å²) in [6.45, 7) is 3.80. The highest BCUT2D eigenvalue weighted by Gasteiger charge is 2.30. The molecule has 4 heterocycles. The Bertz CT molecular complexity index is 1260. The van der Waals surface area contributed by atoms with Crippen LogP contribution in [-0.2, 0) is 4.74 Å². The molecule has 5 rings (SSSR count). The number of hydrogen-bond acceptors (Lipinski definition) is 7. The van der Waals surface area contributed by atoms with Gasteiger partial charge in [0, 0.05) is 30.9 Å². The summed E-state index contributed by atoms with van der Waals surface area (Å²) >= 11 is 0. The molecule has 9 nitrogen and oxygen atoms in total. The molecule has 0 saturated carbocycles. The van der Waals surface area contributed by atoms with Crippen molar-refractivity contribution >= 4 is 17.2 Å². The fraction of sp³-hybridized carbons (Fsp3) is 0.480. The van der Waals surface area contributed by atoms with Crippen LogP contribution in [0.4, 0.5) is 18.9 Å². The Labute approximate surface area is 211 Å². The standard InChI is InChI=1S/C25H29F3N6O3/c1-14(17-3-2-4-18(22(17)26)23(27)28)31-25(36)15-9-20(24-29-13-30-34(24)10-15)33-7-5-16(6-8-33)32-19-11-37-12-21(19)35/h2-4,9-10,13-14,16,19,21,23,32,35H,5-8,11-12H2,1H3,(H,31,36)/t14-,19?,21-/m1/s1. The zero-order chi connectivity index (χ0) is 26.1. The van der Waals surface area contributed by atoms with Crippen molar-refractivity contribution in [1.82, 2.24) is 25.2 Å². The number of amides is 1. The maximum absolute atomic E-state index is 14.6. The van der Waals surface area contributed by atoms with Gasteiger partial charge >= 0.3 is 0 Å². The summed E-state index contributed by atoms with van der Waals surface area (Å²) < 4.78 is 47.7. The number of carbonyl (C=O) groups is 1. The predicted octanol–water partition coefficient (Wildman–Crippen LogP) is 2.62. The van der Waals surface area contributed by atoms with Gasteiger partial charge in [-0.2, -0.15) is 5.10 Å². The molecule has 0 spiro atoms. The van der Waals surface area contributed by atoms with Crippen molar-refractivity contribution in [3.63, 3.8) is 0 Å². The van der Waals surface area contributed by atoms with Gasteiger partial charge in [0.25, 0.3) is 12.3 Å². The summed E-state index contributed by atoms with van der Waals surface area (Å²) in [7, 11) is 0. The van der Waals surface area contributed by atoms with Crippen LogP contribution in [-0.4, -0.2) is 70.1 Å². The number of aliphatic hydroxyl groups is 1. The van der Waals surface area contributed by atoms with Crippen LogP contribution < -0.4 is 15.5 Å². The van der Waals surface area contributed by atoms with Crippen LogP contribution in [0.5, 0.6) is 0 Å². The summed E-state index contributed by atoms with van der Waals surface area (Å²) in [6, 6.07) is 4.82. The van der Waals surface area contributed by atoms with Gasteiger partial charge in [-0.15, -0.1) is 0 Å². The highest BCUT2D eigenvalue weighted by molar-refractivity contribution is 5.96. The van der Waals surface area contributed by atoms with Crippen LogP contribution in [0, 0.1) is 5.82 Å². The summed E-state index contributed by atoms with van der Waals surface area (Å²) in [6.07, 6.45) is 1.15. The zero-order valence-electron chi connectivity index (χ0n) is 20.3. The van der Waals surface area contributed by atoms with Crippen LogP contribution in [0.3, 0.4) is 0 Å². The molecule has 2 aromatic heterocycles. The van der Waals surface area contributed by atoms with Crippen LogP contribution in [0.25, 0.3) is 5.65 Å². The largest absolute Gasteiger partial charge is 0.389 e. The lowest BCUT2D eigenvalue weighted by Gasteiger charge is -2.35. The van der Waals surface area contributed by atoms with E-state index >= 15 is 0 Å². The van der Waals surface area contributed by atoms with E-state index in [-0.39, 0.29) is 23.2 Å². The number of ether oxygens (including phenoxy) is 1. The number of alkyl halides is 2. The first-order valence-electron chi connectivity index (χ1n) is 12.3. The van der Waals surface area contributed by atoms with Gasteiger partial charge < -0.3 is 25.4 Å². The molecule has 3 aromatic rings. The second kappa shape index (κ2) is 10.6. The number of halogens is 3. The van der Waals surface area contributed by atoms with E-state index in [1.54, 1.807) is 13.0 Å². The van der Waals surface area contributed by atoms with Crippen molar-refractivity contribution in [2.24, 2.45) is 0 Å². The quantitative estimate of drug-likeness (QED) is 0.442. The summed E-state index contributed by atoms with van der Waals surface area (Å²) in [5.74, 6) is -1.51. The van der Waals surface area contributed by atoms with Crippen LogP contribution in [0.1, 0.15) is 53.7 Å². The Kier molecular flexibility index (Phi) is 7.31. The number of aromatic nitrogens is 3. The van der Waals surface area contributed by atoms with E-state index < -0.39 is 35.9 Å². The normalized spacial score (nSPS) is 21.6. The van der Waals surface area contributed by atoms with E-state index in [9.17, 15) is 23.1 Å². The maximum Gasteiger partial charge on any atom is 0.266 e. The van der Waals surface area contributed by atoms with Crippen molar-refractivity contribution in [1.29, 1.82) is 0 Å². The summed E-state index contributed by atoms with van der Waals surface area (Å²) in [5, 5.41) is 20.4. The van der Waals surface area contributed by atoms with Crippen LogP contribution in [0.2, 0.25) is 0 Å². The van der Waals surface area contributed by atoms with E-state index in [1.807, 2.05) is 0 Å². The van der Waals surface area contributed by atoms with Gasteiger partial charge in [0.2, 0.25) is 0 Å². The number of anilines is 1. The third-order valence-electron chi connectivity index (χ3n) is 7.06. The first-order chi connectivity index (χ1) is 17.8. The Balaban J connectivity index is 1.31. The van der Waals surface area contributed by atoms with Gasteiger partial charge in [-0.25, -0.2) is 22.7 Å². The molecule has 2 aliphatic rings. The molecule has 198 valence electrons. The Morgan fingerprint density at radius 1 is 1.22 bits per heavy atom. The van der Waals surface area contributed by atoms with Crippen LogP contribution in [0.15, 0.2) is 36.8 Å². The minimum absolute atomic E-state index is 0.0134.